The topological polar surface area (TPSA) is 107 Å². The van der Waals surface area contributed by atoms with Gasteiger partial charge in [-0.05, 0) is 13.8 Å². The van der Waals surface area contributed by atoms with E-state index in [9.17, 15) is 19.8 Å². The van der Waals surface area contributed by atoms with Gasteiger partial charge in [0.2, 0.25) is 0 Å². The molecule has 0 aliphatic carbocycles. The molecule has 0 aliphatic heterocycles. The molecule has 1 atom stereocenters. The highest BCUT2D eigenvalue weighted by atomic mass is 16.4. The second-order valence-electron chi connectivity index (χ2n) is 3.24. The molecule has 0 aromatic heterocycles. The molecule has 0 saturated carbocycles. The van der Waals surface area contributed by atoms with Gasteiger partial charge in [0.25, 0.3) is 5.91 Å². The number of carboxylic acids is 1. The number of hydrogen-bond donors (Lipinski definition) is 4. The molecule has 6 nitrogen and oxygen atoms in total. The standard InChI is InChI=1S/C8H13NO5/c1-8(2,14)6(12)7(13)9-4-3-5(10)11/h3-4,6,12,14H,1-2H3,(H,9,13)(H,10,11)/t6-/m0/s1. The minimum Gasteiger partial charge on any atom is -0.478 e. The minimum atomic E-state index is -1.61. The number of aliphatic carboxylic acids is 1. The number of hydrogen-bond acceptors (Lipinski definition) is 4. The second kappa shape index (κ2) is 4.73. The van der Waals surface area contributed by atoms with E-state index in [-0.39, 0.29) is 0 Å². The quantitative estimate of drug-likeness (QED) is 0.431. The average Bonchev–Trinajstić information content (AvgIpc) is 2.00. The first-order valence-corrected chi connectivity index (χ1v) is 3.85. The molecule has 0 spiro atoms. The SMILES string of the molecule is CC(C)(O)[C@@H](O)C(=O)NC=CC(=O)O. The summed E-state index contributed by atoms with van der Waals surface area (Å²) in [6, 6.07) is 0. The Bertz CT molecular complexity index is 253. The Kier molecular flexibility index (Phi) is 4.26. The van der Waals surface area contributed by atoms with Crippen molar-refractivity contribution in [2.75, 3.05) is 0 Å². The molecule has 0 fully saturated rings. The van der Waals surface area contributed by atoms with Gasteiger partial charge < -0.3 is 20.6 Å². The number of carbonyl (C=O) groups excluding carboxylic acids is 1. The summed E-state index contributed by atoms with van der Waals surface area (Å²) >= 11 is 0. The Labute approximate surface area is 80.9 Å². The fourth-order valence-electron chi connectivity index (χ4n) is 0.595. The van der Waals surface area contributed by atoms with Crippen LogP contribution in [-0.4, -0.2) is 38.9 Å². The summed E-state index contributed by atoms with van der Waals surface area (Å²) in [5.41, 5.74) is -1.57. The number of carbonyl (C=O) groups is 2. The monoisotopic (exact) mass is 203 g/mol. The fraction of sp³-hybridized carbons (Fsp3) is 0.500. The molecule has 0 aliphatic rings. The highest BCUT2D eigenvalue weighted by molar-refractivity contribution is 5.84. The molecule has 0 rings (SSSR count). The van der Waals surface area contributed by atoms with Crippen LogP contribution >= 0.6 is 0 Å². The summed E-state index contributed by atoms with van der Waals surface area (Å²) in [4.78, 5) is 21.0. The Morgan fingerprint density at radius 1 is 1.43 bits per heavy atom. The van der Waals surface area contributed by atoms with E-state index in [1.807, 2.05) is 5.32 Å². The molecule has 0 bridgehead atoms. The maximum Gasteiger partial charge on any atom is 0.329 e. The smallest absolute Gasteiger partial charge is 0.329 e. The van der Waals surface area contributed by atoms with E-state index >= 15 is 0 Å². The van der Waals surface area contributed by atoms with Crippen molar-refractivity contribution in [1.82, 2.24) is 5.32 Å². The second-order valence-corrected chi connectivity index (χ2v) is 3.24. The van der Waals surface area contributed by atoms with Crippen LogP contribution in [0.5, 0.6) is 0 Å². The molecular formula is C8H13NO5. The molecule has 14 heavy (non-hydrogen) atoms. The minimum absolute atomic E-state index is 0.703. The molecule has 80 valence electrons. The number of aliphatic hydroxyl groups is 2. The lowest BCUT2D eigenvalue weighted by Crippen LogP contribution is -2.46. The van der Waals surface area contributed by atoms with Crippen LogP contribution in [0.2, 0.25) is 0 Å². The van der Waals surface area contributed by atoms with Crippen molar-refractivity contribution in [3.8, 4) is 0 Å². The van der Waals surface area contributed by atoms with Crippen molar-refractivity contribution in [3.05, 3.63) is 12.3 Å². The zero-order valence-electron chi connectivity index (χ0n) is 7.89. The van der Waals surface area contributed by atoms with Crippen LogP contribution in [-0.2, 0) is 9.59 Å². The third-order valence-corrected chi connectivity index (χ3v) is 1.37. The molecular weight excluding hydrogens is 190 g/mol. The first-order valence-electron chi connectivity index (χ1n) is 3.85. The zero-order chi connectivity index (χ0) is 11.4. The predicted octanol–water partition coefficient (Wildman–Crippen LogP) is -1.17. The summed E-state index contributed by atoms with van der Waals surface area (Å²) in [5, 5.41) is 28.6. The van der Waals surface area contributed by atoms with E-state index in [1.165, 1.54) is 13.8 Å². The van der Waals surface area contributed by atoms with Gasteiger partial charge in [0.1, 0.15) is 0 Å². The average molecular weight is 203 g/mol. The van der Waals surface area contributed by atoms with Crippen molar-refractivity contribution in [2.24, 2.45) is 0 Å². The molecule has 0 heterocycles. The summed E-state index contributed by atoms with van der Waals surface area (Å²) in [6.07, 6.45) is -0.0322. The van der Waals surface area contributed by atoms with Crippen molar-refractivity contribution in [2.45, 2.75) is 25.6 Å². The van der Waals surface area contributed by atoms with Crippen molar-refractivity contribution < 1.29 is 24.9 Å². The normalized spacial score (nSPS) is 14.0. The van der Waals surface area contributed by atoms with E-state index in [1.54, 1.807) is 0 Å². The zero-order valence-corrected chi connectivity index (χ0v) is 7.89. The van der Waals surface area contributed by atoms with Crippen molar-refractivity contribution in [1.29, 1.82) is 0 Å². The Hall–Kier alpha value is -1.40. The van der Waals surface area contributed by atoms with E-state index in [4.69, 9.17) is 5.11 Å². The molecule has 0 saturated heterocycles. The maximum absolute atomic E-state index is 11.0. The molecule has 0 aromatic carbocycles. The van der Waals surface area contributed by atoms with Gasteiger partial charge in [-0.1, -0.05) is 0 Å². The van der Waals surface area contributed by atoms with Gasteiger partial charge in [-0.2, -0.15) is 0 Å². The van der Waals surface area contributed by atoms with Gasteiger partial charge in [0.15, 0.2) is 6.10 Å². The highest BCUT2D eigenvalue weighted by Gasteiger charge is 2.30. The van der Waals surface area contributed by atoms with E-state index in [2.05, 4.69) is 0 Å². The summed E-state index contributed by atoms with van der Waals surface area (Å²) in [5.74, 6) is -2.09. The molecule has 4 N–H and O–H groups in total. The number of amides is 1. The van der Waals surface area contributed by atoms with Crippen LogP contribution in [0.15, 0.2) is 12.3 Å². The van der Waals surface area contributed by atoms with Crippen LogP contribution in [0.4, 0.5) is 0 Å². The fourth-order valence-corrected chi connectivity index (χ4v) is 0.595. The number of rotatable bonds is 4. The van der Waals surface area contributed by atoms with Crippen LogP contribution in [0, 0.1) is 0 Å². The number of aliphatic hydroxyl groups excluding tert-OH is 1. The lowest BCUT2D eigenvalue weighted by atomic mass is 10.0. The summed E-state index contributed by atoms with van der Waals surface area (Å²) in [7, 11) is 0. The maximum atomic E-state index is 11.0. The van der Waals surface area contributed by atoms with Gasteiger partial charge in [-0.25, -0.2) is 4.79 Å². The largest absolute Gasteiger partial charge is 0.478 e. The van der Waals surface area contributed by atoms with E-state index in [0.717, 1.165) is 6.20 Å². The Balaban J connectivity index is 4.17. The molecule has 1 amide bonds. The lowest BCUT2D eigenvalue weighted by Gasteiger charge is -2.22. The van der Waals surface area contributed by atoms with E-state index < -0.39 is 23.6 Å². The highest BCUT2D eigenvalue weighted by Crippen LogP contribution is 2.07. The third-order valence-electron chi connectivity index (χ3n) is 1.37. The number of nitrogens with one attached hydrogen (secondary N) is 1. The number of carboxylic acid groups (broad SMARTS) is 1. The van der Waals surface area contributed by atoms with Crippen LogP contribution in [0.1, 0.15) is 13.8 Å². The van der Waals surface area contributed by atoms with Crippen LogP contribution in [0.25, 0.3) is 0 Å². The first-order chi connectivity index (χ1) is 6.25. The third kappa shape index (κ3) is 4.58. The molecule has 0 radical (unpaired) electrons. The van der Waals surface area contributed by atoms with Gasteiger partial charge in [-0.3, -0.25) is 4.79 Å². The van der Waals surface area contributed by atoms with Crippen molar-refractivity contribution >= 4 is 11.9 Å². The molecule has 0 aromatic rings. The summed E-state index contributed by atoms with van der Waals surface area (Å²) < 4.78 is 0. The Morgan fingerprint density at radius 2 is 1.93 bits per heavy atom. The predicted molar refractivity (Wildman–Crippen MR) is 47.2 cm³/mol. The summed E-state index contributed by atoms with van der Waals surface area (Å²) in [6.45, 7) is 2.52. The van der Waals surface area contributed by atoms with E-state index in [0.29, 0.717) is 6.08 Å². The lowest BCUT2D eigenvalue weighted by molar-refractivity contribution is -0.140. The van der Waals surface area contributed by atoms with Gasteiger partial charge in [0, 0.05) is 12.3 Å². The molecule has 0 unspecified atom stereocenters. The molecule has 6 heteroatoms. The first kappa shape index (κ1) is 12.6. The van der Waals surface area contributed by atoms with Crippen LogP contribution < -0.4 is 5.32 Å². The van der Waals surface area contributed by atoms with Crippen LogP contribution in [0.3, 0.4) is 0 Å². The Morgan fingerprint density at radius 3 is 2.29 bits per heavy atom. The van der Waals surface area contributed by atoms with Gasteiger partial charge >= 0.3 is 5.97 Å². The van der Waals surface area contributed by atoms with Gasteiger partial charge in [0.05, 0.1) is 5.60 Å². The van der Waals surface area contributed by atoms with Gasteiger partial charge in [-0.15, -0.1) is 0 Å². The van der Waals surface area contributed by atoms with Crippen molar-refractivity contribution in [3.63, 3.8) is 0 Å².